The van der Waals surface area contributed by atoms with E-state index in [0.717, 1.165) is 27.9 Å². The lowest BCUT2D eigenvalue weighted by atomic mass is 9.91. The van der Waals surface area contributed by atoms with Crippen LogP contribution in [0.3, 0.4) is 0 Å². The number of aromatic nitrogens is 4. The summed E-state index contributed by atoms with van der Waals surface area (Å²) in [6, 6.07) is 26.5. The van der Waals surface area contributed by atoms with Crippen LogP contribution in [0, 0.1) is 0 Å². The van der Waals surface area contributed by atoms with Crippen molar-refractivity contribution in [1.82, 2.24) is 19.7 Å². The van der Waals surface area contributed by atoms with Gasteiger partial charge >= 0.3 is 0 Å². The van der Waals surface area contributed by atoms with Gasteiger partial charge in [0.15, 0.2) is 5.58 Å². The summed E-state index contributed by atoms with van der Waals surface area (Å²) in [7, 11) is 0. The van der Waals surface area contributed by atoms with E-state index in [9.17, 15) is 0 Å². The zero-order valence-corrected chi connectivity index (χ0v) is 14.4. The molecular formula is C22H16N4O. The molecule has 0 spiro atoms. The maximum absolute atomic E-state index is 6.21. The Bertz CT molecular complexity index is 1130. The highest BCUT2D eigenvalue weighted by molar-refractivity contribution is 5.75. The van der Waals surface area contributed by atoms with Crippen molar-refractivity contribution < 1.29 is 4.42 Å². The molecule has 2 heterocycles. The highest BCUT2D eigenvalue weighted by Gasteiger charge is 2.22. The molecular weight excluding hydrogens is 336 g/mol. The summed E-state index contributed by atoms with van der Waals surface area (Å²) in [5.74, 6) is 0.626. The van der Waals surface area contributed by atoms with Gasteiger partial charge in [0.25, 0.3) is 0 Å². The topological polar surface area (TPSA) is 56.7 Å². The fourth-order valence-electron chi connectivity index (χ4n) is 3.32. The molecule has 0 aliphatic rings. The van der Waals surface area contributed by atoms with Crippen LogP contribution in [-0.4, -0.2) is 19.7 Å². The normalized spacial score (nSPS) is 11.3. The van der Waals surface area contributed by atoms with E-state index < -0.39 is 0 Å². The number of hydrogen-bond donors (Lipinski definition) is 0. The van der Waals surface area contributed by atoms with Gasteiger partial charge in [-0.3, -0.25) is 4.57 Å². The molecule has 27 heavy (non-hydrogen) atoms. The van der Waals surface area contributed by atoms with Gasteiger partial charge in [0.05, 0.1) is 11.6 Å². The quantitative estimate of drug-likeness (QED) is 0.475. The van der Waals surface area contributed by atoms with E-state index in [1.165, 1.54) is 0 Å². The summed E-state index contributed by atoms with van der Waals surface area (Å²) in [6.07, 6.45) is 3.32. The zero-order valence-electron chi connectivity index (χ0n) is 14.4. The van der Waals surface area contributed by atoms with Crippen LogP contribution in [0.25, 0.3) is 16.8 Å². The zero-order chi connectivity index (χ0) is 18.1. The Kier molecular flexibility index (Phi) is 3.76. The van der Waals surface area contributed by atoms with E-state index in [1.807, 2.05) is 59.2 Å². The predicted molar refractivity (Wildman–Crippen MR) is 103 cm³/mol. The van der Waals surface area contributed by atoms with E-state index in [2.05, 4.69) is 34.5 Å². The molecule has 5 aromatic rings. The van der Waals surface area contributed by atoms with Crippen LogP contribution in [0.1, 0.15) is 22.9 Å². The Morgan fingerprint density at radius 2 is 1.37 bits per heavy atom. The summed E-state index contributed by atoms with van der Waals surface area (Å²) in [6.45, 7) is 0. The number of hydrogen-bond acceptors (Lipinski definition) is 4. The lowest BCUT2D eigenvalue weighted by molar-refractivity contribution is 0.522. The van der Waals surface area contributed by atoms with Crippen LogP contribution >= 0.6 is 0 Å². The van der Waals surface area contributed by atoms with Crippen molar-refractivity contribution in [1.29, 1.82) is 0 Å². The second-order valence-electron chi connectivity index (χ2n) is 6.33. The predicted octanol–water partition coefficient (Wildman–Crippen LogP) is 4.59. The molecule has 0 aliphatic carbocycles. The second-order valence-corrected chi connectivity index (χ2v) is 6.33. The smallest absolute Gasteiger partial charge is 0.207 e. The molecule has 5 heteroatoms. The molecule has 0 atom stereocenters. The Hall–Kier alpha value is -3.73. The monoisotopic (exact) mass is 352 g/mol. The highest BCUT2D eigenvalue weighted by Crippen LogP contribution is 2.33. The highest BCUT2D eigenvalue weighted by atomic mass is 16.3. The third kappa shape index (κ3) is 2.89. The van der Waals surface area contributed by atoms with E-state index in [0.29, 0.717) is 5.89 Å². The fourth-order valence-corrected chi connectivity index (χ4v) is 3.32. The molecule has 0 N–H and O–H groups in total. The van der Waals surface area contributed by atoms with Crippen LogP contribution in [-0.2, 0) is 0 Å². The molecule has 130 valence electrons. The first-order valence-electron chi connectivity index (χ1n) is 8.74. The number of rotatable bonds is 4. The van der Waals surface area contributed by atoms with Gasteiger partial charge in [-0.2, -0.15) is 0 Å². The number of benzene rings is 3. The average molecular weight is 352 g/mol. The molecule has 5 rings (SSSR count). The molecule has 3 aromatic carbocycles. The van der Waals surface area contributed by atoms with Gasteiger partial charge in [-0.05, 0) is 23.3 Å². The van der Waals surface area contributed by atoms with Gasteiger partial charge in [0.1, 0.15) is 18.2 Å². The van der Waals surface area contributed by atoms with Crippen molar-refractivity contribution in [2.45, 2.75) is 5.92 Å². The molecule has 0 unspecified atom stereocenters. The van der Waals surface area contributed by atoms with Gasteiger partial charge in [0, 0.05) is 6.07 Å². The Balaban J connectivity index is 1.64. The van der Waals surface area contributed by atoms with E-state index in [-0.39, 0.29) is 5.92 Å². The lowest BCUT2D eigenvalue weighted by Crippen LogP contribution is -2.03. The SMILES string of the molecule is c1ccc(C(c2ccccc2)c2nc3ccc(-n4cnnc4)cc3o2)cc1. The minimum absolute atomic E-state index is 0.0573. The van der Waals surface area contributed by atoms with Gasteiger partial charge < -0.3 is 4.42 Å². The Morgan fingerprint density at radius 1 is 0.741 bits per heavy atom. The first-order chi connectivity index (χ1) is 13.4. The largest absolute Gasteiger partial charge is 0.440 e. The molecule has 0 bridgehead atoms. The molecule has 0 saturated carbocycles. The summed E-state index contributed by atoms with van der Waals surface area (Å²) < 4.78 is 8.05. The molecule has 5 nitrogen and oxygen atoms in total. The number of oxazole rings is 1. The third-order valence-electron chi connectivity index (χ3n) is 4.62. The van der Waals surface area contributed by atoms with Crippen molar-refractivity contribution in [2.75, 3.05) is 0 Å². The second kappa shape index (κ2) is 6.53. The number of nitrogens with zero attached hydrogens (tertiary/aromatic N) is 4. The Labute approximate surface area is 155 Å². The maximum Gasteiger partial charge on any atom is 0.207 e. The van der Waals surface area contributed by atoms with E-state index in [4.69, 9.17) is 9.40 Å². The minimum Gasteiger partial charge on any atom is -0.440 e. The van der Waals surface area contributed by atoms with E-state index in [1.54, 1.807) is 12.7 Å². The van der Waals surface area contributed by atoms with Crippen molar-refractivity contribution in [3.63, 3.8) is 0 Å². The van der Waals surface area contributed by atoms with Crippen LogP contribution in [0.4, 0.5) is 0 Å². The van der Waals surface area contributed by atoms with Crippen molar-refractivity contribution >= 4 is 11.1 Å². The molecule has 0 fully saturated rings. The number of fused-ring (bicyclic) bond motifs is 1. The molecule has 2 aromatic heterocycles. The fraction of sp³-hybridized carbons (Fsp3) is 0.0455. The minimum atomic E-state index is -0.0573. The molecule has 0 saturated heterocycles. The standard InChI is InChI=1S/C22H16N4O/c1-3-7-16(8-4-1)21(17-9-5-2-6-10-17)22-25-19-12-11-18(13-20(19)27-22)26-14-23-24-15-26/h1-15,21H. The summed E-state index contributed by atoms with van der Waals surface area (Å²) in [5.41, 5.74) is 4.81. The van der Waals surface area contributed by atoms with Crippen molar-refractivity contribution in [3.8, 4) is 5.69 Å². The van der Waals surface area contributed by atoms with Crippen molar-refractivity contribution in [3.05, 3.63) is 109 Å². The van der Waals surface area contributed by atoms with Crippen molar-refractivity contribution in [2.24, 2.45) is 0 Å². The van der Waals surface area contributed by atoms with Gasteiger partial charge in [0.2, 0.25) is 5.89 Å². The van der Waals surface area contributed by atoms with Gasteiger partial charge in [-0.25, -0.2) is 4.98 Å². The molecule has 0 amide bonds. The third-order valence-corrected chi connectivity index (χ3v) is 4.62. The van der Waals surface area contributed by atoms with Crippen LogP contribution < -0.4 is 0 Å². The van der Waals surface area contributed by atoms with Gasteiger partial charge in [-0.1, -0.05) is 60.7 Å². The lowest BCUT2D eigenvalue weighted by Gasteiger charge is -2.14. The van der Waals surface area contributed by atoms with Crippen LogP contribution in [0.15, 0.2) is 95.9 Å². The summed E-state index contributed by atoms with van der Waals surface area (Å²) in [4.78, 5) is 4.78. The first kappa shape index (κ1) is 15.5. The van der Waals surface area contributed by atoms with Gasteiger partial charge in [-0.15, -0.1) is 10.2 Å². The summed E-state index contributed by atoms with van der Waals surface area (Å²) >= 11 is 0. The van der Waals surface area contributed by atoms with Crippen LogP contribution in [0.5, 0.6) is 0 Å². The Morgan fingerprint density at radius 3 is 2.00 bits per heavy atom. The maximum atomic E-state index is 6.21. The summed E-state index contributed by atoms with van der Waals surface area (Å²) in [5, 5.41) is 7.72. The average Bonchev–Trinajstić information content (AvgIpc) is 3.39. The molecule has 0 aliphatic heterocycles. The van der Waals surface area contributed by atoms with Crippen LogP contribution in [0.2, 0.25) is 0 Å². The van der Waals surface area contributed by atoms with E-state index >= 15 is 0 Å². The molecule has 0 radical (unpaired) electrons. The first-order valence-corrected chi connectivity index (χ1v) is 8.74.